The second-order valence-electron chi connectivity index (χ2n) is 6.74. The fourth-order valence-corrected chi connectivity index (χ4v) is 2.95. The molecule has 2 aromatic heterocycles. The van der Waals surface area contributed by atoms with E-state index in [0.717, 1.165) is 5.56 Å². The summed E-state index contributed by atoms with van der Waals surface area (Å²) in [5.41, 5.74) is 1.83. The van der Waals surface area contributed by atoms with Crippen molar-refractivity contribution in [2.45, 2.75) is 6.61 Å². The summed E-state index contributed by atoms with van der Waals surface area (Å²) in [6, 6.07) is 21.5. The lowest BCUT2D eigenvalue weighted by molar-refractivity contribution is 0.102. The van der Waals surface area contributed by atoms with Crippen LogP contribution in [0.25, 0.3) is 0 Å². The Morgan fingerprint density at radius 2 is 1.72 bits per heavy atom. The zero-order valence-electron chi connectivity index (χ0n) is 17.4. The lowest BCUT2D eigenvalue weighted by atomic mass is 10.2. The van der Waals surface area contributed by atoms with Gasteiger partial charge in [0.15, 0.2) is 11.5 Å². The van der Waals surface area contributed by atoms with E-state index in [9.17, 15) is 4.79 Å². The molecule has 0 saturated heterocycles. The molecule has 2 heterocycles. The van der Waals surface area contributed by atoms with Gasteiger partial charge in [0.2, 0.25) is 5.88 Å². The van der Waals surface area contributed by atoms with Crippen molar-refractivity contribution in [3.63, 3.8) is 0 Å². The van der Waals surface area contributed by atoms with Crippen LogP contribution in [0.15, 0.2) is 91.4 Å². The maximum Gasteiger partial charge on any atom is 0.261 e. The van der Waals surface area contributed by atoms with Gasteiger partial charge in [-0.3, -0.25) is 9.78 Å². The lowest BCUT2D eigenvalue weighted by Crippen LogP contribution is -2.13. The van der Waals surface area contributed by atoms with Gasteiger partial charge in [0.05, 0.1) is 7.11 Å². The van der Waals surface area contributed by atoms with Crippen LogP contribution in [0.4, 0.5) is 5.69 Å². The van der Waals surface area contributed by atoms with E-state index in [0.29, 0.717) is 35.1 Å². The number of hydrogen-bond acceptors (Lipinski definition) is 6. The third kappa shape index (κ3) is 5.20. The number of para-hydroxylation sites is 1. The Morgan fingerprint density at radius 3 is 2.50 bits per heavy atom. The highest BCUT2D eigenvalue weighted by Crippen LogP contribution is 2.31. The van der Waals surface area contributed by atoms with E-state index in [2.05, 4.69) is 15.3 Å². The van der Waals surface area contributed by atoms with Gasteiger partial charge < -0.3 is 19.5 Å². The molecule has 160 valence electrons. The second kappa shape index (κ2) is 10.1. The van der Waals surface area contributed by atoms with Crippen molar-refractivity contribution in [3.8, 4) is 23.1 Å². The molecule has 0 radical (unpaired) electrons. The summed E-state index contributed by atoms with van der Waals surface area (Å²) < 4.78 is 17.1. The van der Waals surface area contributed by atoms with Gasteiger partial charge in [0.25, 0.3) is 5.91 Å². The molecular weight excluding hydrogens is 406 g/mol. The number of nitrogens with one attached hydrogen (secondary N) is 1. The Kier molecular flexibility index (Phi) is 6.57. The predicted octanol–water partition coefficient (Wildman–Crippen LogP) is 5.11. The van der Waals surface area contributed by atoms with Gasteiger partial charge in [-0.25, -0.2) is 4.98 Å². The highest BCUT2D eigenvalue weighted by atomic mass is 16.5. The molecular formula is C25H21N3O4. The number of methoxy groups -OCH3 is 1. The summed E-state index contributed by atoms with van der Waals surface area (Å²) in [4.78, 5) is 21.2. The number of ether oxygens (including phenoxy) is 3. The normalized spacial score (nSPS) is 10.3. The summed E-state index contributed by atoms with van der Waals surface area (Å²) >= 11 is 0. The minimum absolute atomic E-state index is 0.221. The van der Waals surface area contributed by atoms with Crippen molar-refractivity contribution in [1.82, 2.24) is 9.97 Å². The molecule has 0 aliphatic heterocycles. The fourth-order valence-electron chi connectivity index (χ4n) is 2.95. The molecule has 0 spiro atoms. The molecule has 0 aliphatic rings. The standard InChI is InChI=1S/C25H21N3O4/c1-30-22-10-9-19(16-23(22)31-17-18-11-14-26-15-12-18)28-24(29)21-8-5-13-27-25(21)32-20-6-3-2-4-7-20/h2-16H,17H2,1H3,(H,28,29). The maximum absolute atomic E-state index is 13.0. The third-order valence-corrected chi connectivity index (χ3v) is 4.54. The van der Waals surface area contributed by atoms with Gasteiger partial charge in [0, 0.05) is 30.3 Å². The van der Waals surface area contributed by atoms with Crippen molar-refractivity contribution in [3.05, 3.63) is 103 Å². The van der Waals surface area contributed by atoms with E-state index >= 15 is 0 Å². The minimum atomic E-state index is -0.353. The average Bonchev–Trinajstić information content (AvgIpc) is 2.84. The summed E-state index contributed by atoms with van der Waals surface area (Å²) in [5.74, 6) is 1.53. The SMILES string of the molecule is COc1ccc(NC(=O)c2cccnc2Oc2ccccc2)cc1OCc1ccncc1. The average molecular weight is 427 g/mol. The number of anilines is 1. The molecule has 0 aliphatic carbocycles. The monoisotopic (exact) mass is 427 g/mol. The first-order valence-electron chi connectivity index (χ1n) is 9.92. The molecule has 4 aromatic rings. The van der Waals surface area contributed by atoms with Crippen molar-refractivity contribution in [2.24, 2.45) is 0 Å². The highest BCUT2D eigenvalue weighted by Gasteiger charge is 2.16. The summed E-state index contributed by atoms with van der Waals surface area (Å²) in [7, 11) is 1.57. The number of pyridine rings is 2. The van der Waals surface area contributed by atoms with Gasteiger partial charge in [-0.05, 0) is 54.1 Å². The zero-order valence-corrected chi connectivity index (χ0v) is 17.4. The Morgan fingerprint density at radius 1 is 0.906 bits per heavy atom. The molecule has 0 bridgehead atoms. The first kappa shape index (κ1) is 20.9. The first-order valence-corrected chi connectivity index (χ1v) is 9.92. The van der Waals surface area contributed by atoms with Crippen LogP contribution >= 0.6 is 0 Å². The van der Waals surface area contributed by atoms with Crippen LogP contribution in [0, 0.1) is 0 Å². The van der Waals surface area contributed by atoms with Crippen molar-refractivity contribution in [1.29, 1.82) is 0 Å². The van der Waals surface area contributed by atoms with E-state index in [-0.39, 0.29) is 11.8 Å². The molecule has 32 heavy (non-hydrogen) atoms. The summed E-state index contributed by atoms with van der Waals surface area (Å²) in [6.07, 6.45) is 4.98. The highest BCUT2D eigenvalue weighted by molar-refractivity contribution is 6.06. The van der Waals surface area contributed by atoms with Gasteiger partial charge in [-0.2, -0.15) is 0 Å². The van der Waals surface area contributed by atoms with Crippen LogP contribution in [-0.4, -0.2) is 23.0 Å². The molecule has 2 aromatic carbocycles. The fraction of sp³-hybridized carbons (Fsp3) is 0.0800. The van der Waals surface area contributed by atoms with Crippen LogP contribution in [0.5, 0.6) is 23.1 Å². The van der Waals surface area contributed by atoms with E-state index in [1.165, 1.54) is 0 Å². The Labute approximate surface area is 185 Å². The number of aromatic nitrogens is 2. The Balaban J connectivity index is 1.51. The van der Waals surface area contributed by atoms with Crippen molar-refractivity contribution >= 4 is 11.6 Å². The topological polar surface area (TPSA) is 82.6 Å². The number of benzene rings is 2. The molecule has 0 saturated carbocycles. The van der Waals surface area contributed by atoms with E-state index in [4.69, 9.17) is 14.2 Å². The maximum atomic E-state index is 13.0. The molecule has 7 heteroatoms. The van der Waals surface area contributed by atoms with E-state index < -0.39 is 0 Å². The third-order valence-electron chi connectivity index (χ3n) is 4.54. The Bertz CT molecular complexity index is 1180. The van der Waals surface area contributed by atoms with Crippen LogP contribution in [-0.2, 0) is 6.61 Å². The number of nitrogens with zero attached hydrogens (tertiary/aromatic N) is 2. The molecule has 0 unspecified atom stereocenters. The molecule has 1 amide bonds. The van der Waals surface area contributed by atoms with E-state index in [1.807, 2.05) is 30.3 Å². The quantitative estimate of drug-likeness (QED) is 0.421. The second-order valence-corrected chi connectivity index (χ2v) is 6.74. The number of amides is 1. The van der Waals surface area contributed by atoms with Crippen LogP contribution in [0.3, 0.4) is 0 Å². The summed E-state index contributed by atoms with van der Waals surface area (Å²) in [5, 5.41) is 2.87. The van der Waals surface area contributed by atoms with Crippen LogP contribution in [0.1, 0.15) is 15.9 Å². The van der Waals surface area contributed by atoms with Crippen LogP contribution in [0.2, 0.25) is 0 Å². The molecule has 4 rings (SSSR count). The largest absolute Gasteiger partial charge is 0.493 e. The minimum Gasteiger partial charge on any atom is -0.493 e. The molecule has 1 N–H and O–H groups in total. The van der Waals surface area contributed by atoms with Crippen molar-refractivity contribution < 1.29 is 19.0 Å². The lowest BCUT2D eigenvalue weighted by Gasteiger charge is -2.14. The van der Waals surface area contributed by atoms with Gasteiger partial charge in [0.1, 0.15) is 17.9 Å². The van der Waals surface area contributed by atoms with Gasteiger partial charge >= 0.3 is 0 Å². The number of hydrogen-bond donors (Lipinski definition) is 1. The van der Waals surface area contributed by atoms with Crippen molar-refractivity contribution in [2.75, 3.05) is 12.4 Å². The number of rotatable bonds is 8. The number of carbonyl (C=O) groups excluding carboxylic acids is 1. The van der Waals surface area contributed by atoms with Crippen LogP contribution < -0.4 is 19.5 Å². The first-order chi connectivity index (χ1) is 15.7. The number of carbonyl (C=O) groups is 1. The molecule has 0 fully saturated rings. The summed E-state index contributed by atoms with van der Waals surface area (Å²) in [6.45, 7) is 0.341. The zero-order chi connectivity index (χ0) is 22.2. The Hall–Kier alpha value is -4.39. The molecule has 7 nitrogen and oxygen atoms in total. The smallest absolute Gasteiger partial charge is 0.261 e. The predicted molar refractivity (Wildman–Crippen MR) is 120 cm³/mol. The van der Waals surface area contributed by atoms with Gasteiger partial charge in [-0.15, -0.1) is 0 Å². The van der Waals surface area contributed by atoms with Gasteiger partial charge in [-0.1, -0.05) is 18.2 Å². The molecule has 0 atom stereocenters. The van der Waals surface area contributed by atoms with E-state index in [1.54, 1.807) is 68.2 Å².